The van der Waals surface area contributed by atoms with Gasteiger partial charge in [-0.05, 0) is 31.2 Å². The van der Waals surface area contributed by atoms with Crippen molar-refractivity contribution in [3.05, 3.63) is 52.5 Å². The molecule has 2 aromatic carbocycles. The standard InChI is InChI=1S/C16H15Cl2NO3/c1-2-21-13-8-4-3-7-12(13)19-15(20)10-22-14-9-5-6-11(17)16(14)18/h3-9H,2,10H2,1H3,(H,19,20). The molecule has 0 fully saturated rings. The van der Waals surface area contributed by atoms with Crippen molar-refractivity contribution in [2.24, 2.45) is 0 Å². The highest BCUT2D eigenvalue weighted by molar-refractivity contribution is 6.42. The maximum absolute atomic E-state index is 12.0. The average Bonchev–Trinajstić information content (AvgIpc) is 2.51. The summed E-state index contributed by atoms with van der Waals surface area (Å²) in [7, 11) is 0. The van der Waals surface area contributed by atoms with Crippen molar-refractivity contribution in [1.29, 1.82) is 0 Å². The third-order valence-corrected chi connectivity index (χ3v) is 3.54. The van der Waals surface area contributed by atoms with Crippen molar-refractivity contribution in [1.82, 2.24) is 0 Å². The lowest BCUT2D eigenvalue weighted by Crippen LogP contribution is -2.20. The Hall–Kier alpha value is -1.91. The number of hydrogen-bond acceptors (Lipinski definition) is 3. The lowest BCUT2D eigenvalue weighted by Gasteiger charge is -2.12. The predicted molar refractivity (Wildman–Crippen MR) is 88.2 cm³/mol. The molecule has 1 N–H and O–H groups in total. The van der Waals surface area contributed by atoms with Crippen molar-refractivity contribution >= 4 is 34.8 Å². The Kier molecular flexibility index (Phi) is 5.92. The topological polar surface area (TPSA) is 47.6 Å². The molecule has 0 atom stereocenters. The summed E-state index contributed by atoms with van der Waals surface area (Å²) in [6, 6.07) is 12.2. The van der Waals surface area contributed by atoms with Gasteiger partial charge in [-0.3, -0.25) is 4.79 Å². The van der Waals surface area contributed by atoms with Crippen LogP contribution in [0.1, 0.15) is 6.92 Å². The summed E-state index contributed by atoms with van der Waals surface area (Å²) in [6.45, 7) is 2.21. The number of rotatable bonds is 6. The van der Waals surface area contributed by atoms with E-state index in [4.69, 9.17) is 32.7 Å². The SMILES string of the molecule is CCOc1ccccc1NC(=O)COc1cccc(Cl)c1Cl. The minimum Gasteiger partial charge on any atom is -0.492 e. The fourth-order valence-electron chi connectivity index (χ4n) is 1.78. The van der Waals surface area contributed by atoms with Gasteiger partial charge in [0.1, 0.15) is 16.5 Å². The number of ether oxygens (including phenoxy) is 2. The molecule has 0 aromatic heterocycles. The normalized spacial score (nSPS) is 10.1. The lowest BCUT2D eigenvalue weighted by atomic mass is 10.3. The quantitative estimate of drug-likeness (QED) is 0.847. The number of hydrogen-bond donors (Lipinski definition) is 1. The van der Waals surface area contributed by atoms with E-state index < -0.39 is 0 Å². The smallest absolute Gasteiger partial charge is 0.262 e. The number of carbonyl (C=O) groups is 1. The summed E-state index contributed by atoms with van der Waals surface area (Å²) >= 11 is 11.9. The Bertz CT molecular complexity index is 662. The molecule has 0 spiro atoms. The number of carbonyl (C=O) groups excluding carboxylic acids is 1. The lowest BCUT2D eigenvalue weighted by molar-refractivity contribution is -0.118. The summed E-state index contributed by atoms with van der Waals surface area (Å²) < 4.78 is 10.8. The Labute approximate surface area is 138 Å². The first-order chi connectivity index (χ1) is 10.6. The molecule has 1 amide bonds. The molecule has 0 bridgehead atoms. The van der Waals surface area contributed by atoms with Crippen molar-refractivity contribution in [3.63, 3.8) is 0 Å². The number of anilines is 1. The second kappa shape index (κ2) is 7.92. The highest BCUT2D eigenvalue weighted by Crippen LogP contribution is 2.31. The van der Waals surface area contributed by atoms with E-state index in [-0.39, 0.29) is 17.5 Å². The number of amides is 1. The van der Waals surface area contributed by atoms with Gasteiger partial charge in [-0.25, -0.2) is 0 Å². The third-order valence-electron chi connectivity index (χ3n) is 2.74. The fourth-order valence-corrected chi connectivity index (χ4v) is 2.12. The molecule has 6 heteroatoms. The van der Waals surface area contributed by atoms with Crippen LogP contribution in [0.25, 0.3) is 0 Å². The first-order valence-electron chi connectivity index (χ1n) is 6.70. The van der Waals surface area contributed by atoms with Crippen LogP contribution in [0.2, 0.25) is 10.0 Å². The summed E-state index contributed by atoms with van der Waals surface area (Å²) in [5.74, 6) is 0.657. The molecule has 22 heavy (non-hydrogen) atoms. The van der Waals surface area contributed by atoms with Gasteiger partial charge in [0.05, 0.1) is 17.3 Å². The Morgan fingerprint density at radius 2 is 1.77 bits per heavy atom. The molecular weight excluding hydrogens is 325 g/mol. The van der Waals surface area contributed by atoms with Gasteiger partial charge in [0, 0.05) is 0 Å². The number of benzene rings is 2. The highest BCUT2D eigenvalue weighted by atomic mass is 35.5. The molecule has 2 rings (SSSR count). The summed E-state index contributed by atoms with van der Waals surface area (Å²) in [5.41, 5.74) is 0.593. The van der Waals surface area contributed by atoms with Crippen LogP contribution in [0.3, 0.4) is 0 Å². The second-order valence-corrected chi connectivity index (χ2v) is 5.10. The van der Waals surface area contributed by atoms with Crippen LogP contribution in [-0.4, -0.2) is 19.1 Å². The van der Waals surface area contributed by atoms with Crippen LogP contribution in [0.5, 0.6) is 11.5 Å². The van der Waals surface area contributed by atoms with Crippen molar-refractivity contribution in [2.45, 2.75) is 6.92 Å². The molecule has 0 aliphatic carbocycles. The van der Waals surface area contributed by atoms with Crippen molar-refractivity contribution in [2.75, 3.05) is 18.5 Å². The molecule has 116 valence electrons. The zero-order chi connectivity index (χ0) is 15.9. The van der Waals surface area contributed by atoms with Gasteiger partial charge in [0.25, 0.3) is 5.91 Å². The number of nitrogens with one attached hydrogen (secondary N) is 1. The monoisotopic (exact) mass is 339 g/mol. The van der Waals surface area contributed by atoms with Crippen LogP contribution < -0.4 is 14.8 Å². The van der Waals surface area contributed by atoms with E-state index >= 15 is 0 Å². The fraction of sp³-hybridized carbons (Fsp3) is 0.188. The van der Waals surface area contributed by atoms with Crippen LogP contribution in [0, 0.1) is 0 Å². The van der Waals surface area contributed by atoms with E-state index in [1.165, 1.54) is 0 Å². The molecule has 0 saturated carbocycles. The molecule has 0 radical (unpaired) electrons. The highest BCUT2D eigenvalue weighted by Gasteiger charge is 2.10. The van der Waals surface area contributed by atoms with Gasteiger partial charge in [-0.2, -0.15) is 0 Å². The van der Waals surface area contributed by atoms with Gasteiger partial charge >= 0.3 is 0 Å². The molecule has 0 aliphatic heterocycles. The number of halogens is 2. The molecule has 0 aliphatic rings. The second-order valence-electron chi connectivity index (χ2n) is 4.32. The largest absolute Gasteiger partial charge is 0.492 e. The van der Waals surface area contributed by atoms with Crippen LogP contribution in [-0.2, 0) is 4.79 Å². The molecule has 0 saturated heterocycles. The average molecular weight is 340 g/mol. The molecule has 0 heterocycles. The van der Waals surface area contributed by atoms with Crippen molar-refractivity contribution in [3.8, 4) is 11.5 Å². The van der Waals surface area contributed by atoms with Gasteiger partial charge in [0.15, 0.2) is 6.61 Å². The van der Waals surface area contributed by atoms with E-state index in [1.807, 2.05) is 19.1 Å². The minimum atomic E-state index is -0.316. The first-order valence-corrected chi connectivity index (χ1v) is 7.46. The Morgan fingerprint density at radius 1 is 1.05 bits per heavy atom. The number of para-hydroxylation sites is 2. The van der Waals surface area contributed by atoms with Crippen LogP contribution in [0.4, 0.5) is 5.69 Å². The van der Waals surface area contributed by atoms with Crippen LogP contribution in [0.15, 0.2) is 42.5 Å². The van der Waals surface area contributed by atoms with E-state index in [2.05, 4.69) is 5.32 Å². The first kappa shape index (κ1) is 16.5. The maximum atomic E-state index is 12.0. The third kappa shape index (κ3) is 4.29. The summed E-state index contributed by atoms with van der Waals surface area (Å²) in [6.07, 6.45) is 0. The minimum absolute atomic E-state index is 0.180. The summed E-state index contributed by atoms with van der Waals surface area (Å²) in [5, 5.41) is 3.39. The zero-order valence-corrected chi connectivity index (χ0v) is 13.4. The Morgan fingerprint density at radius 3 is 2.55 bits per heavy atom. The van der Waals surface area contributed by atoms with Crippen molar-refractivity contribution < 1.29 is 14.3 Å². The molecule has 2 aromatic rings. The van der Waals surface area contributed by atoms with Gasteiger partial charge in [-0.1, -0.05) is 41.4 Å². The van der Waals surface area contributed by atoms with Crippen LogP contribution >= 0.6 is 23.2 Å². The maximum Gasteiger partial charge on any atom is 0.262 e. The summed E-state index contributed by atoms with van der Waals surface area (Å²) in [4.78, 5) is 12.0. The van der Waals surface area contributed by atoms with E-state index in [0.29, 0.717) is 28.8 Å². The molecular formula is C16H15Cl2NO3. The molecule has 0 unspecified atom stereocenters. The molecule has 4 nitrogen and oxygen atoms in total. The predicted octanol–water partition coefficient (Wildman–Crippen LogP) is 4.41. The van der Waals surface area contributed by atoms with E-state index in [1.54, 1.807) is 30.3 Å². The van der Waals surface area contributed by atoms with Gasteiger partial charge in [0.2, 0.25) is 0 Å². The Balaban J connectivity index is 1.97. The van der Waals surface area contributed by atoms with Gasteiger partial charge in [-0.15, -0.1) is 0 Å². The van der Waals surface area contributed by atoms with E-state index in [9.17, 15) is 4.79 Å². The van der Waals surface area contributed by atoms with E-state index in [0.717, 1.165) is 0 Å². The van der Waals surface area contributed by atoms with Gasteiger partial charge < -0.3 is 14.8 Å². The zero-order valence-electron chi connectivity index (χ0n) is 11.9.